The van der Waals surface area contributed by atoms with E-state index >= 15 is 0 Å². The first-order chi connectivity index (χ1) is 13.5. The van der Waals surface area contributed by atoms with Crippen LogP contribution in [0, 0.1) is 0 Å². The average molecular weight is 481 g/mol. The van der Waals surface area contributed by atoms with Crippen molar-refractivity contribution in [2.75, 3.05) is 0 Å². The van der Waals surface area contributed by atoms with Crippen molar-refractivity contribution >= 4 is 50.7 Å². The van der Waals surface area contributed by atoms with Gasteiger partial charge in [-0.2, -0.15) is 0 Å². The third-order valence-electron chi connectivity index (χ3n) is 3.55. The van der Waals surface area contributed by atoms with Gasteiger partial charge in [0.15, 0.2) is 0 Å². The fraction of sp³-hybridized carbons (Fsp3) is 0.105. The van der Waals surface area contributed by atoms with Gasteiger partial charge in [0, 0.05) is 14.9 Å². The molecule has 28 heavy (non-hydrogen) atoms. The van der Waals surface area contributed by atoms with Crippen LogP contribution in [0.2, 0.25) is 5.02 Å². The van der Waals surface area contributed by atoms with E-state index in [0.29, 0.717) is 33.1 Å². The number of halogens is 2. The van der Waals surface area contributed by atoms with Crippen LogP contribution >= 0.6 is 38.9 Å². The average Bonchev–Trinajstić information content (AvgIpc) is 3.13. The molecule has 0 unspecified atom stereocenters. The molecule has 0 aliphatic heterocycles. The Morgan fingerprint density at radius 3 is 2.61 bits per heavy atom. The van der Waals surface area contributed by atoms with E-state index in [4.69, 9.17) is 16.3 Å². The summed E-state index contributed by atoms with van der Waals surface area (Å²) in [4.78, 5) is 28.5. The first-order valence-corrected chi connectivity index (χ1v) is 10.2. The third kappa shape index (κ3) is 5.79. The number of nitrogens with one attached hydrogen (secondary N) is 2. The first kappa shape index (κ1) is 20.3. The Kier molecular flexibility index (Phi) is 7.02. The van der Waals surface area contributed by atoms with Gasteiger partial charge in [0.05, 0.1) is 17.7 Å². The summed E-state index contributed by atoms with van der Waals surface area (Å²) in [5, 5.41) is 3.17. The SMILES string of the molecule is O=C(Cc1csc(COc2ccc(Cl)cc2)n1)NNC(=O)c1ccccc1Br. The van der Waals surface area contributed by atoms with Crippen LogP contribution in [-0.2, 0) is 17.8 Å². The molecule has 1 aromatic heterocycles. The Bertz CT molecular complexity index is 979. The Hall–Kier alpha value is -2.42. The van der Waals surface area contributed by atoms with Crippen molar-refractivity contribution in [1.82, 2.24) is 15.8 Å². The second-order valence-electron chi connectivity index (χ2n) is 5.63. The van der Waals surface area contributed by atoms with E-state index in [1.807, 2.05) is 0 Å². The van der Waals surface area contributed by atoms with Crippen LogP contribution in [0.3, 0.4) is 0 Å². The highest BCUT2D eigenvalue weighted by molar-refractivity contribution is 9.10. The van der Waals surface area contributed by atoms with Gasteiger partial charge in [-0.05, 0) is 52.3 Å². The van der Waals surface area contributed by atoms with Gasteiger partial charge in [-0.25, -0.2) is 4.98 Å². The summed E-state index contributed by atoms with van der Waals surface area (Å²) in [6, 6.07) is 14.0. The van der Waals surface area contributed by atoms with Gasteiger partial charge < -0.3 is 4.74 Å². The van der Waals surface area contributed by atoms with Crippen LogP contribution in [0.5, 0.6) is 5.75 Å². The van der Waals surface area contributed by atoms with E-state index in [2.05, 4.69) is 31.8 Å². The number of carbonyl (C=O) groups excluding carboxylic acids is 2. The number of amides is 2. The molecule has 0 aliphatic carbocycles. The van der Waals surface area contributed by atoms with Crippen LogP contribution in [0.1, 0.15) is 21.1 Å². The molecule has 6 nitrogen and oxygen atoms in total. The van der Waals surface area contributed by atoms with Crippen molar-refractivity contribution in [3.05, 3.63) is 79.7 Å². The number of rotatable bonds is 6. The molecule has 0 bridgehead atoms. The van der Waals surface area contributed by atoms with Crippen molar-refractivity contribution in [2.45, 2.75) is 13.0 Å². The molecule has 0 atom stereocenters. The summed E-state index contributed by atoms with van der Waals surface area (Å²) >= 11 is 10.5. The quantitative estimate of drug-likeness (QED) is 0.520. The van der Waals surface area contributed by atoms with Gasteiger partial charge in [-0.1, -0.05) is 23.7 Å². The summed E-state index contributed by atoms with van der Waals surface area (Å²) in [5.41, 5.74) is 5.81. The number of carbonyl (C=O) groups is 2. The van der Waals surface area contributed by atoms with E-state index in [-0.39, 0.29) is 12.3 Å². The topological polar surface area (TPSA) is 80.3 Å². The molecule has 0 fully saturated rings. The van der Waals surface area contributed by atoms with Gasteiger partial charge in [-0.15, -0.1) is 11.3 Å². The standard InChI is InChI=1S/C19H15BrClN3O3S/c20-16-4-2-1-3-15(16)19(26)24-23-17(25)9-13-11-28-18(22-13)10-27-14-7-5-12(21)6-8-14/h1-8,11H,9-10H2,(H,23,25)(H,24,26). The number of hydrogen-bond acceptors (Lipinski definition) is 5. The maximum atomic E-state index is 12.1. The van der Waals surface area contributed by atoms with Crippen molar-refractivity contribution in [1.29, 1.82) is 0 Å². The van der Waals surface area contributed by atoms with E-state index in [9.17, 15) is 9.59 Å². The molecule has 9 heteroatoms. The lowest BCUT2D eigenvalue weighted by molar-refractivity contribution is -0.121. The number of hydrazine groups is 1. The zero-order valence-corrected chi connectivity index (χ0v) is 17.6. The first-order valence-electron chi connectivity index (χ1n) is 8.16. The van der Waals surface area contributed by atoms with Crippen LogP contribution < -0.4 is 15.6 Å². The Balaban J connectivity index is 1.46. The number of hydrogen-bond donors (Lipinski definition) is 2. The lowest BCUT2D eigenvalue weighted by atomic mass is 10.2. The van der Waals surface area contributed by atoms with E-state index < -0.39 is 5.91 Å². The molecular formula is C19H15BrClN3O3S. The zero-order chi connectivity index (χ0) is 19.9. The molecule has 2 aromatic carbocycles. The van der Waals surface area contributed by atoms with Crippen molar-refractivity contribution < 1.29 is 14.3 Å². The second-order valence-corrected chi connectivity index (χ2v) is 7.87. The molecule has 0 saturated heterocycles. The van der Waals surface area contributed by atoms with E-state index in [1.165, 1.54) is 11.3 Å². The molecule has 2 amide bonds. The maximum Gasteiger partial charge on any atom is 0.270 e. The molecule has 0 radical (unpaired) electrons. The molecule has 0 saturated carbocycles. The van der Waals surface area contributed by atoms with Gasteiger partial charge >= 0.3 is 0 Å². The molecular weight excluding hydrogens is 466 g/mol. The van der Waals surface area contributed by atoms with Crippen LogP contribution in [0.15, 0.2) is 58.4 Å². The van der Waals surface area contributed by atoms with E-state index in [0.717, 1.165) is 5.01 Å². The molecule has 144 valence electrons. The van der Waals surface area contributed by atoms with Crippen LogP contribution in [0.4, 0.5) is 0 Å². The minimum Gasteiger partial charge on any atom is -0.486 e. The zero-order valence-electron chi connectivity index (χ0n) is 14.4. The molecule has 2 N–H and O–H groups in total. The fourth-order valence-corrected chi connectivity index (χ4v) is 3.52. The molecule has 1 heterocycles. The number of nitrogens with zero attached hydrogens (tertiary/aromatic N) is 1. The van der Waals surface area contributed by atoms with Crippen LogP contribution in [-0.4, -0.2) is 16.8 Å². The number of ether oxygens (including phenoxy) is 1. The van der Waals surface area contributed by atoms with Gasteiger partial charge in [-0.3, -0.25) is 20.4 Å². The summed E-state index contributed by atoms with van der Waals surface area (Å²) in [5.74, 6) is -0.0827. The predicted octanol–water partition coefficient (Wildman–Crippen LogP) is 4.14. The maximum absolute atomic E-state index is 12.1. The Morgan fingerprint density at radius 1 is 1.11 bits per heavy atom. The van der Waals surface area contributed by atoms with Gasteiger partial charge in [0.2, 0.25) is 5.91 Å². The minimum absolute atomic E-state index is 0.0493. The largest absolute Gasteiger partial charge is 0.486 e. The fourth-order valence-electron chi connectivity index (χ4n) is 2.22. The monoisotopic (exact) mass is 479 g/mol. The molecule has 3 rings (SSSR count). The number of aromatic nitrogens is 1. The van der Waals surface area contributed by atoms with Gasteiger partial charge in [0.25, 0.3) is 5.91 Å². The number of benzene rings is 2. The smallest absolute Gasteiger partial charge is 0.270 e. The van der Waals surface area contributed by atoms with E-state index in [1.54, 1.807) is 53.9 Å². The van der Waals surface area contributed by atoms with Crippen LogP contribution in [0.25, 0.3) is 0 Å². The summed E-state index contributed by atoms with van der Waals surface area (Å²) in [7, 11) is 0. The Labute approximate surface area is 179 Å². The number of thiazole rings is 1. The highest BCUT2D eigenvalue weighted by atomic mass is 79.9. The van der Waals surface area contributed by atoms with Crippen molar-refractivity contribution in [3.63, 3.8) is 0 Å². The highest BCUT2D eigenvalue weighted by Crippen LogP contribution is 2.18. The lowest BCUT2D eigenvalue weighted by Gasteiger charge is -2.07. The Morgan fingerprint density at radius 2 is 1.86 bits per heavy atom. The minimum atomic E-state index is -0.406. The molecule has 0 aliphatic rings. The van der Waals surface area contributed by atoms with Crippen molar-refractivity contribution in [2.24, 2.45) is 0 Å². The second kappa shape index (κ2) is 9.68. The molecule has 3 aromatic rings. The summed E-state index contributed by atoms with van der Waals surface area (Å²) in [6.45, 7) is 0.298. The van der Waals surface area contributed by atoms with Gasteiger partial charge in [0.1, 0.15) is 17.4 Å². The normalized spacial score (nSPS) is 10.4. The third-order valence-corrected chi connectivity index (χ3v) is 5.37. The molecule has 0 spiro atoms. The summed E-state index contributed by atoms with van der Waals surface area (Å²) < 4.78 is 6.28. The lowest BCUT2D eigenvalue weighted by Crippen LogP contribution is -2.42. The highest BCUT2D eigenvalue weighted by Gasteiger charge is 2.12. The predicted molar refractivity (Wildman–Crippen MR) is 111 cm³/mol. The van der Waals surface area contributed by atoms with Crippen molar-refractivity contribution in [3.8, 4) is 5.75 Å². The summed E-state index contributed by atoms with van der Waals surface area (Å²) in [6.07, 6.45) is 0.0493.